The van der Waals surface area contributed by atoms with Crippen LogP contribution < -0.4 is 10.1 Å². The van der Waals surface area contributed by atoms with Gasteiger partial charge in [0.1, 0.15) is 11.8 Å². The number of hydrogen-bond acceptors (Lipinski definition) is 3. The zero-order valence-electron chi connectivity index (χ0n) is 19.9. The van der Waals surface area contributed by atoms with Crippen molar-refractivity contribution < 1.29 is 14.3 Å². The topological polar surface area (TPSA) is 58.6 Å². The Hall–Kier alpha value is -2.53. The van der Waals surface area contributed by atoms with Gasteiger partial charge in [-0.3, -0.25) is 9.59 Å². The van der Waals surface area contributed by atoms with Gasteiger partial charge in [-0.05, 0) is 55.0 Å². The Bertz CT molecular complexity index is 940. The fourth-order valence-corrected chi connectivity index (χ4v) is 4.51. The monoisotopic (exact) mass is 470 g/mol. The van der Waals surface area contributed by atoms with Crippen LogP contribution in [0.3, 0.4) is 0 Å². The standard InChI is InChI=1S/C27H35ClN2O3/c1-19(2)24-14-7-8-15-25(24)33-18-26(31)30(17-21-10-9-11-22(28)16-21)20(3)27(32)29-23-12-5-4-6-13-23/h7-11,14-16,19-20,23H,4-6,12-13,17-18H2,1-3H3,(H,29,32)/t20-/m0/s1. The van der Waals surface area contributed by atoms with E-state index in [9.17, 15) is 9.59 Å². The maximum Gasteiger partial charge on any atom is 0.261 e. The molecule has 0 saturated heterocycles. The van der Waals surface area contributed by atoms with Crippen molar-refractivity contribution in [2.24, 2.45) is 0 Å². The van der Waals surface area contributed by atoms with Gasteiger partial charge in [-0.1, -0.05) is 75.0 Å². The first-order valence-corrected chi connectivity index (χ1v) is 12.3. The highest BCUT2D eigenvalue weighted by Gasteiger charge is 2.28. The Kier molecular flexibility index (Phi) is 9.19. The van der Waals surface area contributed by atoms with Crippen molar-refractivity contribution in [2.75, 3.05) is 6.61 Å². The number of benzene rings is 2. The minimum atomic E-state index is -0.623. The lowest BCUT2D eigenvalue weighted by Gasteiger charge is -2.31. The van der Waals surface area contributed by atoms with Gasteiger partial charge in [0.15, 0.2) is 6.61 Å². The van der Waals surface area contributed by atoms with Crippen LogP contribution in [0.25, 0.3) is 0 Å². The number of carbonyl (C=O) groups is 2. The molecule has 0 bridgehead atoms. The number of nitrogens with one attached hydrogen (secondary N) is 1. The SMILES string of the molecule is CC(C)c1ccccc1OCC(=O)N(Cc1cccc(Cl)c1)[C@@H](C)C(=O)NC1CCCCC1. The van der Waals surface area contributed by atoms with Crippen LogP contribution in [0, 0.1) is 0 Å². The highest BCUT2D eigenvalue weighted by atomic mass is 35.5. The average molecular weight is 471 g/mol. The van der Waals surface area contributed by atoms with Crippen LogP contribution in [0.1, 0.15) is 69.9 Å². The number of hydrogen-bond donors (Lipinski definition) is 1. The second-order valence-corrected chi connectivity index (χ2v) is 9.59. The van der Waals surface area contributed by atoms with Crippen molar-refractivity contribution in [1.82, 2.24) is 10.2 Å². The molecule has 0 aliphatic heterocycles. The predicted molar refractivity (Wildman–Crippen MR) is 133 cm³/mol. The number of para-hydroxylation sites is 1. The molecule has 5 nitrogen and oxygen atoms in total. The van der Waals surface area contributed by atoms with Crippen LogP contribution in [0.2, 0.25) is 5.02 Å². The van der Waals surface area contributed by atoms with Crippen molar-refractivity contribution >= 4 is 23.4 Å². The van der Waals surface area contributed by atoms with Gasteiger partial charge in [0.25, 0.3) is 5.91 Å². The number of nitrogens with zero attached hydrogens (tertiary/aromatic N) is 1. The molecule has 3 rings (SSSR count). The first-order valence-electron chi connectivity index (χ1n) is 11.9. The smallest absolute Gasteiger partial charge is 0.261 e. The van der Waals surface area contributed by atoms with Gasteiger partial charge in [0, 0.05) is 17.6 Å². The Morgan fingerprint density at radius 2 is 1.79 bits per heavy atom. The molecule has 0 radical (unpaired) electrons. The van der Waals surface area contributed by atoms with Crippen LogP contribution in [0.5, 0.6) is 5.75 Å². The minimum Gasteiger partial charge on any atom is -0.483 e. The summed E-state index contributed by atoms with van der Waals surface area (Å²) < 4.78 is 5.93. The third-order valence-corrected chi connectivity index (χ3v) is 6.49. The maximum absolute atomic E-state index is 13.3. The molecule has 0 aromatic heterocycles. The van der Waals surface area contributed by atoms with Gasteiger partial charge in [-0.25, -0.2) is 0 Å². The normalized spacial score (nSPS) is 15.2. The molecule has 0 heterocycles. The quantitative estimate of drug-likeness (QED) is 0.510. The lowest BCUT2D eigenvalue weighted by Crippen LogP contribution is -2.51. The molecule has 1 aliphatic rings. The van der Waals surface area contributed by atoms with Crippen LogP contribution in [-0.4, -0.2) is 35.4 Å². The Labute approximate surface area is 202 Å². The van der Waals surface area contributed by atoms with Crippen LogP contribution in [0.4, 0.5) is 0 Å². The van der Waals surface area contributed by atoms with Crippen molar-refractivity contribution in [2.45, 2.75) is 77.4 Å². The number of ether oxygens (including phenoxy) is 1. The first-order chi connectivity index (χ1) is 15.8. The molecule has 0 unspecified atom stereocenters. The van der Waals surface area contributed by atoms with Gasteiger partial charge < -0.3 is 15.0 Å². The van der Waals surface area contributed by atoms with Crippen molar-refractivity contribution in [1.29, 1.82) is 0 Å². The Morgan fingerprint density at radius 1 is 1.06 bits per heavy atom. The van der Waals surface area contributed by atoms with E-state index in [0.29, 0.717) is 10.8 Å². The zero-order valence-corrected chi connectivity index (χ0v) is 20.6. The zero-order chi connectivity index (χ0) is 23.8. The van der Waals surface area contributed by atoms with Gasteiger partial charge in [0.05, 0.1) is 0 Å². The number of rotatable bonds is 9. The summed E-state index contributed by atoms with van der Waals surface area (Å²) in [6.45, 7) is 6.11. The Balaban J connectivity index is 1.74. The molecular weight excluding hydrogens is 436 g/mol. The van der Waals surface area contributed by atoms with Gasteiger partial charge in [-0.2, -0.15) is 0 Å². The molecule has 1 aliphatic carbocycles. The molecule has 1 saturated carbocycles. The highest BCUT2D eigenvalue weighted by Crippen LogP contribution is 2.26. The van der Waals surface area contributed by atoms with Crippen LogP contribution >= 0.6 is 11.6 Å². The third kappa shape index (κ3) is 7.23. The van der Waals surface area contributed by atoms with Gasteiger partial charge >= 0.3 is 0 Å². The first kappa shape index (κ1) is 25.1. The molecule has 1 fully saturated rings. The summed E-state index contributed by atoms with van der Waals surface area (Å²) in [6.07, 6.45) is 5.48. The Morgan fingerprint density at radius 3 is 2.48 bits per heavy atom. The average Bonchev–Trinajstić information content (AvgIpc) is 2.81. The van der Waals surface area contributed by atoms with Gasteiger partial charge in [0.2, 0.25) is 5.91 Å². The summed E-state index contributed by atoms with van der Waals surface area (Å²) in [5, 5.41) is 3.75. The van der Waals surface area contributed by atoms with E-state index in [2.05, 4.69) is 19.2 Å². The van der Waals surface area contributed by atoms with Gasteiger partial charge in [-0.15, -0.1) is 0 Å². The van der Waals surface area contributed by atoms with Crippen molar-refractivity contribution in [3.05, 3.63) is 64.7 Å². The maximum atomic E-state index is 13.3. The molecule has 6 heteroatoms. The third-order valence-electron chi connectivity index (χ3n) is 6.25. The summed E-state index contributed by atoms with van der Waals surface area (Å²) in [4.78, 5) is 28.0. The molecule has 178 valence electrons. The summed E-state index contributed by atoms with van der Waals surface area (Å²) in [5.74, 6) is 0.613. The second kappa shape index (κ2) is 12.1. The van der Waals surface area contributed by atoms with E-state index >= 15 is 0 Å². The van der Waals surface area contributed by atoms with Crippen LogP contribution in [0.15, 0.2) is 48.5 Å². The predicted octanol–water partition coefficient (Wildman–Crippen LogP) is 5.71. The highest BCUT2D eigenvalue weighted by molar-refractivity contribution is 6.30. The molecule has 1 atom stereocenters. The van der Waals surface area contributed by atoms with E-state index in [1.807, 2.05) is 42.5 Å². The molecular formula is C27H35ClN2O3. The molecule has 33 heavy (non-hydrogen) atoms. The number of amides is 2. The van der Waals surface area contributed by atoms with E-state index in [1.54, 1.807) is 17.9 Å². The minimum absolute atomic E-state index is 0.125. The van der Waals surface area contributed by atoms with Crippen molar-refractivity contribution in [3.8, 4) is 5.75 Å². The van der Waals surface area contributed by atoms with Crippen LogP contribution in [-0.2, 0) is 16.1 Å². The van der Waals surface area contributed by atoms with E-state index in [1.165, 1.54) is 6.42 Å². The van der Waals surface area contributed by atoms with E-state index < -0.39 is 6.04 Å². The summed E-state index contributed by atoms with van der Waals surface area (Å²) in [7, 11) is 0. The number of halogens is 1. The second-order valence-electron chi connectivity index (χ2n) is 9.15. The fraction of sp³-hybridized carbons (Fsp3) is 0.481. The van der Waals surface area contributed by atoms with E-state index in [4.69, 9.17) is 16.3 Å². The lowest BCUT2D eigenvalue weighted by molar-refractivity contribution is -0.142. The largest absolute Gasteiger partial charge is 0.483 e. The molecule has 2 aromatic rings. The summed E-state index contributed by atoms with van der Waals surface area (Å²) in [5.41, 5.74) is 1.92. The lowest BCUT2D eigenvalue weighted by atomic mass is 9.95. The number of carbonyl (C=O) groups excluding carboxylic acids is 2. The fourth-order valence-electron chi connectivity index (χ4n) is 4.29. The molecule has 1 N–H and O–H groups in total. The molecule has 2 aromatic carbocycles. The van der Waals surface area contributed by atoms with E-state index in [0.717, 1.165) is 36.8 Å². The molecule has 0 spiro atoms. The molecule has 2 amide bonds. The summed E-state index contributed by atoms with van der Waals surface area (Å²) in [6, 6.07) is 14.7. The summed E-state index contributed by atoms with van der Waals surface area (Å²) >= 11 is 6.16. The van der Waals surface area contributed by atoms with Crippen molar-refractivity contribution in [3.63, 3.8) is 0 Å². The van der Waals surface area contributed by atoms with E-state index in [-0.39, 0.29) is 36.9 Å².